The smallest absolute Gasteiger partial charge is 0.150 e. The monoisotopic (exact) mass is 331 g/mol. The molecule has 1 aromatic carbocycles. The van der Waals surface area contributed by atoms with Crippen LogP contribution in [0.2, 0.25) is 0 Å². The summed E-state index contributed by atoms with van der Waals surface area (Å²) in [5.41, 5.74) is 1.67. The third-order valence-electron chi connectivity index (χ3n) is 2.93. The molecular formula is C14H16BrClFN. The van der Waals surface area contributed by atoms with Crippen molar-refractivity contribution in [2.45, 2.75) is 27.2 Å². The molecule has 98 valence electrons. The quantitative estimate of drug-likeness (QED) is 0.605. The van der Waals surface area contributed by atoms with E-state index in [0.717, 1.165) is 12.1 Å². The summed E-state index contributed by atoms with van der Waals surface area (Å²) in [5.74, 6) is -0.0895. The van der Waals surface area contributed by atoms with E-state index in [4.69, 9.17) is 11.6 Å². The molecule has 1 atom stereocenters. The van der Waals surface area contributed by atoms with Crippen LogP contribution in [0.5, 0.6) is 0 Å². The summed E-state index contributed by atoms with van der Waals surface area (Å²) in [4.78, 5) is 4.37. The van der Waals surface area contributed by atoms with Gasteiger partial charge in [0.05, 0.1) is 0 Å². The minimum absolute atomic E-state index is 0.260. The first kappa shape index (κ1) is 15.4. The van der Waals surface area contributed by atoms with Crippen LogP contribution in [0.15, 0.2) is 28.2 Å². The minimum Gasteiger partial charge on any atom is -0.254 e. The van der Waals surface area contributed by atoms with Gasteiger partial charge in [-0.15, -0.1) is 0 Å². The first-order chi connectivity index (χ1) is 8.36. The Bertz CT molecular complexity index is 497. The molecule has 1 nitrogen and oxygen atoms in total. The maximum atomic E-state index is 14.0. The Labute approximate surface area is 121 Å². The molecule has 0 aromatic heterocycles. The third-order valence-corrected chi connectivity index (χ3v) is 3.60. The Morgan fingerprint density at radius 1 is 1.56 bits per heavy atom. The standard InChI is InChI=1S/C14H16BrClFN/c1-5-8(2)10(4)18-14-12(9(3)16)6-11(15)7-13(14)17/h6-8H,3,5H2,1-2,4H3/b18-10-. The summed E-state index contributed by atoms with van der Waals surface area (Å²) < 4.78 is 14.6. The fourth-order valence-electron chi connectivity index (χ4n) is 1.47. The SMILES string of the molecule is C=C(Cl)c1cc(Br)cc(F)c1/N=C(/C)C(C)CC. The number of benzene rings is 1. The van der Waals surface area contributed by atoms with Crippen molar-refractivity contribution in [3.05, 3.63) is 34.6 Å². The zero-order valence-electron chi connectivity index (χ0n) is 10.7. The van der Waals surface area contributed by atoms with E-state index in [1.165, 1.54) is 6.07 Å². The predicted molar refractivity (Wildman–Crippen MR) is 81.2 cm³/mol. The lowest BCUT2D eigenvalue weighted by atomic mass is 10.0. The highest BCUT2D eigenvalue weighted by Crippen LogP contribution is 2.34. The molecule has 1 rings (SSSR count). The number of halogens is 3. The maximum absolute atomic E-state index is 14.0. The first-order valence-corrected chi connectivity index (χ1v) is 6.92. The van der Waals surface area contributed by atoms with Crippen LogP contribution in [-0.4, -0.2) is 5.71 Å². The maximum Gasteiger partial charge on any atom is 0.150 e. The van der Waals surface area contributed by atoms with Gasteiger partial charge in [-0.05, 0) is 31.4 Å². The van der Waals surface area contributed by atoms with E-state index in [2.05, 4.69) is 41.3 Å². The van der Waals surface area contributed by atoms with Gasteiger partial charge in [0.1, 0.15) is 5.69 Å². The van der Waals surface area contributed by atoms with Crippen LogP contribution in [-0.2, 0) is 0 Å². The highest BCUT2D eigenvalue weighted by atomic mass is 79.9. The number of rotatable bonds is 4. The molecule has 0 fully saturated rings. The van der Waals surface area contributed by atoms with Crippen molar-refractivity contribution in [2.75, 3.05) is 0 Å². The van der Waals surface area contributed by atoms with E-state index in [1.807, 2.05) is 6.92 Å². The van der Waals surface area contributed by atoms with Crippen LogP contribution in [0.1, 0.15) is 32.8 Å². The van der Waals surface area contributed by atoms with Gasteiger partial charge < -0.3 is 0 Å². The molecule has 0 radical (unpaired) electrons. The van der Waals surface area contributed by atoms with E-state index < -0.39 is 5.82 Å². The van der Waals surface area contributed by atoms with E-state index in [9.17, 15) is 4.39 Å². The lowest BCUT2D eigenvalue weighted by Gasteiger charge is -2.11. The van der Waals surface area contributed by atoms with Gasteiger partial charge in [0, 0.05) is 20.8 Å². The normalized spacial score (nSPS) is 13.6. The van der Waals surface area contributed by atoms with E-state index in [1.54, 1.807) is 6.07 Å². The van der Waals surface area contributed by atoms with Gasteiger partial charge in [0.2, 0.25) is 0 Å². The number of aliphatic imine (C=N–C) groups is 1. The topological polar surface area (TPSA) is 12.4 Å². The summed E-state index contributed by atoms with van der Waals surface area (Å²) in [6, 6.07) is 3.10. The Balaban J connectivity index is 3.35. The molecule has 1 aromatic rings. The van der Waals surface area contributed by atoms with Gasteiger partial charge in [-0.1, -0.05) is 48.0 Å². The molecule has 0 spiro atoms. The molecule has 0 aliphatic heterocycles. The second kappa shape index (κ2) is 6.48. The van der Waals surface area contributed by atoms with Gasteiger partial charge in [-0.3, -0.25) is 4.99 Å². The highest BCUT2D eigenvalue weighted by molar-refractivity contribution is 9.10. The highest BCUT2D eigenvalue weighted by Gasteiger charge is 2.13. The van der Waals surface area contributed by atoms with Gasteiger partial charge in [-0.2, -0.15) is 0 Å². The largest absolute Gasteiger partial charge is 0.254 e. The van der Waals surface area contributed by atoms with Crippen molar-refractivity contribution in [2.24, 2.45) is 10.9 Å². The van der Waals surface area contributed by atoms with E-state index in [-0.39, 0.29) is 10.7 Å². The number of nitrogens with zero attached hydrogens (tertiary/aromatic N) is 1. The molecule has 0 aliphatic carbocycles. The molecule has 1 unspecified atom stereocenters. The second-order valence-corrected chi connectivity index (χ2v) is 5.62. The predicted octanol–water partition coefficient (Wildman–Crippen LogP) is 5.94. The van der Waals surface area contributed by atoms with Crippen LogP contribution < -0.4 is 0 Å². The van der Waals surface area contributed by atoms with E-state index in [0.29, 0.717) is 16.0 Å². The summed E-state index contributed by atoms with van der Waals surface area (Å²) in [6.45, 7) is 9.68. The Morgan fingerprint density at radius 2 is 2.17 bits per heavy atom. The lowest BCUT2D eigenvalue weighted by Crippen LogP contribution is -2.05. The molecule has 0 saturated heterocycles. The molecule has 0 aliphatic rings. The average molecular weight is 333 g/mol. The van der Waals surface area contributed by atoms with Crippen LogP contribution >= 0.6 is 27.5 Å². The van der Waals surface area contributed by atoms with Crippen molar-refractivity contribution >= 4 is 44.0 Å². The van der Waals surface area contributed by atoms with Gasteiger partial charge >= 0.3 is 0 Å². The van der Waals surface area contributed by atoms with Crippen molar-refractivity contribution < 1.29 is 4.39 Å². The van der Waals surface area contributed by atoms with Crippen molar-refractivity contribution in [3.63, 3.8) is 0 Å². The number of hydrogen-bond acceptors (Lipinski definition) is 1. The van der Waals surface area contributed by atoms with Crippen molar-refractivity contribution in [1.29, 1.82) is 0 Å². The van der Waals surface area contributed by atoms with E-state index >= 15 is 0 Å². The summed E-state index contributed by atoms with van der Waals surface area (Å²) in [5, 5.41) is 0.283. The zero-order chi connectivity index (χ0) is 13.9. The summed E-state index contributed by atoms with van der Waals surface area (Å²) in [6.07, 6.45) is 0.963. The molecule has 18 heavy (non-hydrogen) atoms. The minimum atomic E-state index is -0.399. The number of hydrogen-bond donors (Lipinski definition) is 0. The zero-order valence-corrected chi connectivity index (χ0v) is 13.1. The first-order valence-electron chi connectivity index (χ1n) is 5.75. The average Bonchev–Trinajstić information content (AvgIpc) is 2.30. The fraction of sp³-hybridized carbons (Fsp3) is 0.357. The van der Waals surface area contributed by atoms with Crippen molar-refractivity contribution in [1.82, 2.24) is 0 Å². The van der Waals surface area contributed by atoms with Crippen molar-refractivity contribution in [3.8, 4) is 0 Å². The van der Waals surface area contributed by atoms with Crippen LogP contribution in [0.4, 0.5) is 10.1 Å². The molecule has 0 heterocycles. The Morgan fingerprint density at radius 3 is 2.67 bits per heavy atom. The Hall–Kier alpha value is -0.670. The van der Waals surface area contributed by atoms with Crippen LogP contribution in [0.25, 0.3) is 5.03 Å². The molecule has 0 saturated carbocycles. The molecule has 0 amide bonds. The summed E-state index contributed by atoms with van der Waals surface area (Å²) >= 11 is 9.13. The van der Waals surface area contributed by atoms with Gasteiger partial charge in [-0.25, -0.2) is 4.39 Å². The molecular weight excluding hydrogens is 317 g/mol. The van der Waals surface area contributed by atoms with Crippen LogP contribution in [0.3, 0.4) is 0 Å². The molecule has 0 bridgehead atoms. The fourth-order valence-corrected chi connectivity index (χ4v) is 2.04. The van der Waals surface area contributed by atoms with Gasteiger partial charge in [0.15, 0.2) is 5.82 Å². The summed E-state index contributed by atoms with van der Waals surface area (Å²) in [7, 11) is 0. The second-order valence-electron chi connectivity index (χ2n) is 4.25. The Kier molecular flexibility index (Phi) is 5.54. The lowest BCUT2D eigenvalue weighted by molar-refractivity contribution is 0.628. The molecule has 4 heteroatoms. The van der Waals surface area contributed by atoms with Crippen LogP contribution in [0, 0.1) is 11.7 Å². The molecule has 0 N–H and O–H groups in total. The third kappa shape index (κ3) is 3.66. The van der Waals surface area contributed by atoms with Gasteiger partial charge in [0.25, 0.3) is 0 Å².